The molecule has 2 aromatic rings. The molecule has 1 amide bonds. The van der Waals surface area contributed by atoms with Crippen molar-refractivity contribution in [1.82, 2.24) is 4.98 Å². The summed E-state index contributed by atoms with van der Waals surface area (Å²) in [7, 11) is 0. The normalized spacial score (nSPS) is 14.2. The van der Waals surface area contributed by atoms with Gasteiger partial charge < -0.3 is 10.6 Å². The quantitative estimate of drug-likeness (QED) is 0.925. The van der Waals surface area contributed by atoms with E-state index in [1.807, 2.05) is 35.2 Å². The van der Waals surface area contributed by atoms with E-state index in [4.69, 9.17) is 5.73 Å². The number of para-hydroxylation sites is 1. The fraction of sp³-hybridized carbons (Fsp3) is 0.250. The van der Waals surface area contributed by atoms with Crippen molar-refractivity contribution >= 4 is 11.6 Å². The first kappa shape index (κ1) is 12.8. The zero-order valence-electron chi connectivity index (χ0n) is 11.2. The monoisotopic (exact) mass is 267 g/mol. The van der Waals surface area contributed by atoms with Gasteiger partial charge in [-0.05, 0) is 29.7 Å². The number of hydrogen-bond donors (Lipinski definition) is 1. The summed E-state index contributed by atoms with van der Waals surface area (Å²) < 4.78 is 0. The van der Waals surface area contributed by atoms with Gasteiger partial charge in [0.25, 0.3) is 0 Å². The predicted octanol–water partition coefficient (Wildman–Crippen LogP) is 2.02. The third-order valence-corrected chi connectivity index (χ3v) is 3.70. The lowest BCUT2D eigenvalue weighted by molar-refractivity contribution is -0.119. The zero-order chi connectivity index (χ0) is 13.9. The number of carbonyl (C=O) groups excluding carboxylic acids is 1. The van der Waals surface area contributed by atoms with E-state index < -0.39 is 0 Å². The zero-order valence-corrected chi connectivity index (χ0v) is 11.2. The molecule has 0 radical (unpaired) electrons. The number of nitrogens with two attached hydrogens (primary N) is 1. The molecule has 0 saturated heterocycles. The highest BCUT2D eigenvalue weighted by Gasteiger charge is 2.24. The molecule has 4 heteroatoms. The Hall–Kier alpha value is -2.20. The molecule has 1 aromatic carbocycles. The second-order valence-electron chi connectivity index (χ2n) is 4.92. The first-order valence-electron chi connectivity index (χ1n) is 6.80. The predicted molar refractivity (Wildman–Crippen MR) is 78.1 cm³/mol. The highest BCUT2D eigenvalue weighted by molar-refractivity contribution is 5.96. The molecule has 1 aromatic heterocycles. The molecule has 0 unspecified atom stereocenters. The number of carbonyl (C=O) groups is 1. The van der Waals surface area contributed by atoms with Crippen LogP contribution in [0.5, 0.6) is 0 Å². The molecule has 2 N–H and O–H groups in total. The van der Waals surface area contributed by atoms with Crippen LogP contribution >= 0.6 is 0 Å². The lowest BCUT2D eigenvalue weighted by atomic mass is 10.0. The molecular formula is C16H17N3O. The van der Waals surface area contributed by atoms with Gasteiger partial charge >= 0.3 is 0 Å². The summed E-state index contributed by atoms with van der Waals surface area (Å²) in [5.74, 6) is 0.163. The van der Waals surface area contributed by atoms with Crippen molar-refractivity contribution in [3.63, 3.8) is 0 Å². The molecular weight excluding hydrogens is 250 g/mol. The van der Waals surface area contributed by atoms with Crippen LogP contribution in [0.2, 0.25) is 0 Å². The smallest absolute Gasteiger partial charge is 0.227 e. The number of benzene rings is 1. The average molecular weight is 267 g/mol. The van der Waals surface area contributed by atoms with Gasteiger partial charge in [-0.3, -0.25) is 9.78 Å². The van der Waals surface area contributed by atoms with Crippen molar-refractivity contribution in [2.75, 3.05) is 4.90 Å². The van der Waals surface area contributed by atoms with Crippen LogP contribution in [-0.4, -0.2) is 10.9 Å². The van der Waals surface area contributed by atoms with Crippen molar-refractivity contribution < 1.29 is 4.79 Å². The molecule has 4 nitrogen and oxygen atoms in total. The Kier molecular flexibility index (Phi) is 3.48. The Labute approximate surface area is 118 Å². The van der Waals surface area contributed by atoms with Crippen molar-refractivity contribution in [2.45, 2.75) is 25.9 Å². The molecule has 0 bridgehead atoms. The highest BCUT2D eigenvalue weighted by Crippen LogP contribution is 2.29. The van der Waals surface area contributed by atoms with Gasteiger partial charge in [0, 0.05) is 24.8 Å². The molecule has 3 rings (SSSR count). The SMILES string of the molecule is NCc1ncccc1CN1C(=O)CCc2ccccc21. The average Bonchev–Trinajstić information content (AvgIpc) is 2.50. The molecule has 0 atom stereocenters. The Morgan fingerprint density at radius 1 is 1.15 bits per heavy atom. The van der Waals surface area contributed by atoms with Crippen LogP contribution in [0, 0.1) is 0 Å². The number of fused-ring (bicyclic) bond motifs is 1. The van der Waals surface area contributed by atoms with E-state index >= 15 is 0 Å². The maximum Gasteiger partial charge on any atom is 0.227 e. The van der Waals surface area contributed by atoms with Crippen molar-refractivity contribution in [3.8, 4) is 0 Å². The van der Waals surface area contributed by atoms with Gasteiger partial charge in [-0.2, -0.15) is 0 Å². The van der Waals surface area contributed by atoms with E-state index in [9.17, 15) is 4.79 Å². The molecule has 2 heterocycles. The van der Waals surface area contributed by atoms with Gasteiger partial charge in [-0.25, -0.2) is 0 Å². The summed E-state index contributed by atoms with van der Waals surface area (Å²) in [6, 6.07) is 11.9. The first-order valence-corrected chi connectivity index (χ1v) is 6.80. The van der Waals surface area contributed by atoms with Gasteiger partial charge in [0.1, 0.15) is 0 Å². The van der Waals surface area contributed by atoms with Crippen molar-refractivity contribution in [3.05, 3.63) is 59.4 Å². The van der Waals surface area contributed by atoms with Crippen molar-refractivity contribution in [1.29, 1.82) is 0 Å². The van der Waals surface area contributed by atoms with Gasteiger partial charge in [-0.15, -0.1) is 0 Å². The number of anilines is 1. The summed E-state index contributed by atoms with van der Waals surface area (Å²) in [5, 5.41) is 0. The maximum atomic E-state index is 12.2. The third kappa shape index (κ3) is 2.30. The summed E-state index contributed by atoms with van der Waals surface area (Å²) in [5.41, 5.74) is 9.82. The molecule has 102 valence electrons. The molecule has 1 aliphatic heterocycles. The third-order valence-electron chi connectivity index (χ3n) is 3.70. The van der Waals surface area contributed by atoms with E-state index in [1.165, 1.54) is 5.56 Å². The van der Waals surface area contributed by atoms with Crippen LogP contribution in [0.3, 0.4) is 0 Å². The van der Waals surface area contributed by atoms with E-state index in [0.717, 1.165) is 23.4 Å². The molecule has 20 heavy (non-hydrogen) atoms. The molecule has 0 spiro atoms. The number of pyridine rings is 1. The van der Waals surface area contributed by atoms with Crippen LogP contribution in [0.15, 0.2) is 42.6 Å². The summed E-state index contributed by atoms with van der Waals surface area (Å²) in [4.78, 5) is 18.4. The second-order valence-corrected chi connectivity index (χ2v) is 4.92. The molecule has 0 aliphatic carbocycles. The number of amides is 1. The Balaban J connectivity index is 1.96. The topological polar surface area (TPSA) is 59.2 Å². The Morgan fingerprint density at radius 3 is 2.85 bits per heavy atom. The van der Waals surface area contributed by atoms with Crippen LogP contribution < -0.4 is 10.6 Å². The van der Waals surface area contributed by atoms with E-state index in [1.54, 1.807) is 6.20 Å². The lowest BCUT2D eigenvalue weighted by Crippen LogP contribution is -2.35. The number of rotatable bonds is 3. The summed E-state index contributed by atoms with van der Waals surface area (Å²) in [6.07, 6.45) is 3.12. The highest BCUT2D eigenvalue weighted by atomic mass is 16.2. The standard InChI is InChI=1S/C16H17N3O/c17-10-14-13(5-3-9-18-14)11-19-15-6-2-1-4-12(15)7-8-16(19)20/h1-6,9H,7-8,10-11,17H2. The molecule has 1 aliphatic rings. The molecule has 0 saturated carbocycles. The van der Waals surface area contributed by atoms with Gasteiger partial charge in [-0.1, -0.05) is 24.3 Å². The number of nitrogens with zero attached hydrogens (tertiary/aromatic N) is 2. The molecule has 0 fully saturated rings. The minimum absolute atomic E-state index is 0.163. The van der Waals surface area contributed by atoms with Crippen LogP contribution in [0.1, 0.15) is 23.2 Å². The maximum absolute atomic E-state index is 12.2. The largest absolute Gasteiger partial charge is 0.325 e. The van der Waals surface area contributed by atoms with Crippen molar-refractivity contribution in [2.24, 2.45) is 5.73 Å². The van der Waals surface area contributed by atoms with E-state index in [-0.39, 0.29) is 5.91 Å². The van der Waals surface area contributed by atoms with Crippen LogP contribution in [0.4, 0.5) is 5.69 Å². The fourth-order valence-corrected chi connectivity index (χ4v) is 2.64. The summed E-state index contributed by atoms with van der Waals surface area (Å²) in [6.45, 7) is 0.927. The van der Waals surface area contributed by atoms with E-state index in [0.29, 0.717) is 19.5 Å². The minimum Gasteiger partial charge on any atom is -0.325 e. The minimum atomic E-state index is 0.163. The van der Waals surface area contributed by atoms with Gasteiger partial charge in [0.15, 0.2) is 0 Å². The Bertz CT molecular complexity index is 639. The first-order chi connectivity index (χ1) is 9.79. The van der Waals surface area contributed by atoms with Crippen LogP contribution in [-0.2, 0) is 24.3 Å². The number of hydrogen-bond acceptors (Lipinski definition) is 3. The number of aryl methyl sites for hydroxylation is 1. The van der Waals surface area contributed by atoms with Gasteiger partial charge in [0.05, 0.1) is 12.2 Å². The lowest BCUT2D eigenvalue weighted by Gasteiger charge is -2.29. The Morgan fingerprint density at radius 2 is 2.00 bits per heavy atom. The fourth-order valence-electron chi connectivity index (χ4n) is 2.64. The second kappa shape index (κ2) is 5.43. The van der Waals surface area contributed by atoms with Gasteiger partial charge in [0.2, 0.25) is 5.91 Å². The summed E-state index contributed by atoms with van der Waals surface area (Å²) >= 11 is 0. The van der Waals surface area contributed by atoms with Crippen LogP contribution in [0.25, 0.3) is 0 Å². The number of aromatic nitrogens is 1. The van der Waals surface area contributed by atoms with E-state index in [2.05, 4.69) is 11.1 Å².